The Hall–Kier alpha value is -0.0800. The summed E-state index contributed by atoms with van der Waals surface area (Å²) in [5.74, 6) is 1.67. The molecule has 22 heavy (non-hydrogen) atoms. The van der Waals surface area contributed by atoms with E-state index >= 15 is 0 Å². The number of guanidine groups is 1. The van der Waals surface area contributed by atoms with Gasteiger partial charge >= 0.3 is 0 Å². The Labute approximate surface area is 153 Å². The molecular weight excluding hydrogens is 393 g/mol. The molecule has 1 aliphatic rings. The van der Waals surface area contributed by atoms with Gasteiger partial charge in [-0.1, -0.05) is 20.8 Å². The smallest absolute Gasteiger partial charge is 0.191 e. The summed E-state index contributed by atoms with van der Waals surface area (Å²) in [5, 5.41) is 6.63. The average Bonchev–Trinajstić information content (AvgIpc) is 3.23. The highest BCUT2D eigenvalue weighted by molar-refractivity contribution is 14.0. The second kappa shape index (κ2) is 11.5. The molecule has 2 N–H and O–H groups in total. The molecule has 0 aromatic rings. The predicted octanol–water partition coefficient (Wildman–Crippen LogP) is 2.65. The third-order valence-electron chi connectivity index (χ3n) is 3.74. The van der Waals surface area contributed by atoms with E-state index < -0.39 is 0 Å². The Morgan fingerprint density at radius 3 is 2.45 bits per heavy atom. The van der Waals surface area contributed by atoms with E-state index in [9.17, 15) is 0 Å². The van der Waals surface area contributed by atoms with Crippen LogP contribution in [0.5, 0.6) is 0 Å². The number of nitrogens with one attached hydrogen (secondary N) is 2. The SMILES string of the molecule is CN=C(NCCCOCC1CC1)NCC(OC)C(C)(C)C.I. The van der Waals surface area contributed by atoms with E-state index in [2.05, 4.69) is 36.4 Å². The van der Waals surface area contributed by atoms with E-state index in [4.69, 9.17) is 9.47 Å². The number of nitrogens with zero attached hydrogens (tertiary/aromatic N) is 1. The highest BCUT2D eigenvalue weighted by atomic mass is 127. The summed E-state index contributed by atoms with van der Waals surface area (Å²) >= 11 is 0. The van der Waals surface area contributed by atoms with Crippen molar-refractivity contribution in [2.24, 2.45) is 16.3 Å². The van der Waals surface area contributed by atoms with Crippen LogP contribution in [0.2, 0.25) is 0 Å². The maximum absolute atomic E-state index is 5.61. The molecule has 1 saturated carbocycles. The molecule has 5 nitrogen and oxygen atoms in total. The van der Waals surface area contributed by atoms with Crippen LogP contribution in [0.15, 0.2) is 4.99 Å². The first-order valence-corrected chi connectivity index (χ1v) is 8.02. The van der Waals surface area contributed by atoms with E-state index in [-0.39, 0.29) is 35.5 Å². The van der Waals surface area contributed by atoms with Crippen molar-refractivity contribution in [2.45, 2.75) is 46.1 Å². The van der Waals surface area contributed by atoms with Crippen molar-refractivity contribution < 1.29 is 9.47 Å². The minimum Gasteiger partial charge on any atom is -0.381 e. The molecule has 0 bridgehead atoms. The standard InChI is InChI=1S/C16H33N3O2.HI/c1-16(2,3)14(20-5)11-19-15(17-4)18-9-6-10-21-12-13-7-8-13;/h13-14H,6-12H2,1-5H3,(H2,17,18,19);1H. The van der Waals surface area contributed by atoms with Gasteiger partial charge in [-0.05, 0) is 30.6 Å². The summed E-state index contributed by atoms with van der Waals surface area (Å²) in [5.41, 5.74) is 0.108. The van der Waals surface area contributed by atoms with Crippen molar-refractivity contribution in [3.63, 3.8) is 0 Å². The van der Waals surface area contributed by atoms with Gasteiger partial charge < -0.3 is 20.1 Å². The van der Waals surface area contributed by atoms with Crippen LogP contribution in [0, 0.1) is 11.3 Å². The largest absolute Gasteiger partial charge is 0.381 e. The molecule has 1 rings (SSSR count). The third kappa shape index (κ3) is 9.84. The lowest BCUT2D eigenvalue weighted by atomic mass is 9.89. The lowest BCUT2D eigenvalue weighted by Gasteiger charge is -2.30. The molecule has 6 heteroatoms. The first-order valence-electron chi connectivity index (χ1n) is 8.02. The van der Waals surface area contributed by atoms with Gasteiger partial charge in [0.25, 0.3) is 0 Å². The molecule has 0 radical (unpaired) electrons. The fourth-order valence-electron chi connectivity index (χ4n) is 2.07. The van der Waals surface area contributed by atoms with Crippen LogP contribution in [0.25, 0.3) is 0 Å². The molecule has 132 valence electrons. The van der Waals surface area contributed by atoms with Crippen LogP contribution in [0.4, 0.5) is 0 Å². The monoisotopic (exact) mass is 427 g/mol. The Bertz CT molecular complexity index is 315. The second-order valence-electron chi connectivity index (χ2n) is 6.84. The predicted molar refractivity (Wildman–Crippen MR) is 103 cm³/mol. The molecule has 1 atom stereocenters. The molecule has 1 unspecified atom stereocenters. The van der Waals surface area contributed by atoms with Crippen LogP contribution in [0.3, 0.4) is 0 Å². The Kier molecular flexibility index (Phi) is 11.4. The van der Waals surface area contributed by atoms with Gasteiger partial charge in [-0.3, -0.25) is 4.99 Å². The number of halogens is 1. The van der Waals surface area contributed by atoms with E-state index in [0.29, 0.717) is 0 Å². The number of rotatable bonds is 9. The zero-order chi connectivity index (χ0) is 15.7. The van der Waals surface area contributed by atoms with Crippen LogP contribution in [0.1, 0.15) is 40.0 Å². The molecular formula is C16H34IN3O2. The van der Waals surface area contributed by atoms with E-state index in [0.717, 1.165) is 44.6 Å². The van der Waals surface area contributed by atoms with Crippen molar-refractivity contribution in [2.75, 3.05) is 40.5 Å². The highest BCUT2D eigenvalue weighted by Gasteiger charge is 2.24. The molecule has 1 aliphatic carbocycles. The van der Waals surface area contributed by atoms with E-state index in [1.165, 1.54) is 12.8 Å². The van der Waals surface area contributed by atoms with Gasteiger partial charge in [0.2, 0.25) is 0 Å². The zero-order valence-electron chi connectivity index (χ0n) is 14.8. The number of aliphatic imine (C=N–C) groups is 1. The lowest BCUT2D eigenvalue weighted by molar-refractivity contribution is 0.0205. The van der Waals surface area contributed by atoms with Gasteiger partial charge in [0.15, 0.2) is 5.96 Å². The quantitative estimate of drug-likeness (QED) is 0.257. The number of hydrogen-bond acceptors (Lipinski definition) is 3. The molecule has 0 heterocycles. The third-order valence-corrected chi connectivity index (χ3v) is 3.74. The van der Waals surface area contributed by atoms with Gasteiger partial charge in [-0.15, -0.1) is 24.0 Å². The maximum Gasteiger partial charge on any atom is 0.191 e. The topological polar surface area (TPSA) is 54.9 Å². The minimum absolute atomic E-state index is 0. The summed E-state index contributed by atoms with van der Waals surface area (Å²) < 4.78 is 11.1. The number of ether oxygens (including phenoxy) is 2. The number of hydrogen-bond donors (Lipinski definition) is 2. The summed E-state index contributed by atoms with van der Waals surface area (Å²) in [7, 11) is 3.54. The number of methoxy groups -OCH3 is 1. The van der Waals surface area contributed by atoms with Gasteiger partial charge in [0.05, 0.1) is 6.10 Å². The Balaban J connectivity index is 0.00000441. The lowest BCUT2D eigenvalue weighted by Crippen LogP contribution is -2.45. The van der Waals surface area contributed by atoms with Crippen LogP contribution in [-0.4, -0.2) is 52.5 Å². The molecule has 0 saturated heterocycles. The zero-order valence-corrected chi connectivity index (χ0v) is 17.1. The van der Waals surface area contributed by atoms with Crippen LogP contribution >= 0.6 is 24.0 Å². The van der Waals surface area contributed by atoms with Crippen molar-refractivity contribution in [3.8, 4) is 0 Å². The van der Waals surface area contributed by atoms with Crippen LogP contribution < -0.4 is 10.6 Å². The van der Waals surface area contributed by atoms with Crippen molar-refractivity contribution in [1.29, 1.82) is 0 Å². The van der Waals surface area contributed by atoms with Crippen molar-refractivity contribution in [1.82, 2.24) is 10.6 Å². The summed E-state index contributed by atoms with van der Waals surface area (Å²) in [6, 6.07) is 0. The normalized spacial score (nSPS) is 16.9. The van der Waals surface area contributed by atoms with E-state index in [1.807, 2.05) is 0 Å². The maximum atomic E-state index is 5.61. The fraction of sp³-hybridized carbons (Fsp3) is 0.938. The van der Waals surface area contributed by atoms with Gasteiger partial charge in [-0.2, -0.15) is 0 Å². The molecule has 0 aromatic carbocycles. The highest BCUT2D eigenvalue weighted by Crippen LogP contribution is 2.28. The van der Waals surface area contributed by atoms with Gasteiger partial charge in [-0.25, -0.2) is 0 Å². The van der Waals surface area contributed by atoms with Crippen molar-refractivity contribution >= 4 is 29.9 Å². The summed E-state index contributed by atoms with van der Waals surface area (Å²) in [6.45, 7) is 9.91. The molecule has 0 aromatic heterocycles. The first-order chi connectivity index (χ1) is 9.97. The van der Waals surface area contributed by atoms with Crippen LogP contribution in [-0.2, 0) is 9.47 Å². The van der Waals surface area contributed by atoms with E-state index in [1.54, 1.807) is 14.2 Å². The minimum atomic E-state index is 0. The second-order valence-corrected chi connectivity index (χ2v) is 6.84. The molecule has 0 spiro atoms. The summed E-state index contributed by atoms with van der Waals surface area (Å²) in [6.07, 6.45) is 3.85. The fourth-order valence-corrected chi connectivity index (χ4v) is 2.07. The molecule has 0 amide bonds. The van der Waals surface area contributed by atoms with Gasteiger partial charge in [0, 0.05) is 40.5 Å². The Morgan fingerprint density at radius 2 is 1.95 bits per heavy atom. The first kappa shape index (κ1) is 21.9. The molecule has 1 fully saturated rings. The average molecular weight is 427 g/mol. The Morgan fingerprint density at radius 1 is 1.27 bits per heavy atom. The molecule has 0 aliphatic heterocycles. The summed E-state index contributed by atoms with van der Waals surface area (Å²) in [4.78, 5) is 4.23. The van der Waals surface area contributed by atoms with Gasteiger partial charge in [0.1, 0.15) is 0 Å². The van der Waals surface area contributed by atoms with Crippen molar-refractivity contribution in [3.05, 3.63) is 0 Å².